The molecular weight excluding hydrogens is 907 g/mol. The molecule has 4 aliphatic rings. The minimum atomic E-state index is -1.84. The number of alkyl carbamates (subject to hydrolysis) is 2. The fraction of sp³-hybridized carbons (Fsp3) is 0.848. The molecule has 396 valence electrons. The number of amides is 5. The van der Waals surface area contributed by atoms with Gasteiger partial charge in [0.1, 0.15) is 58.2 Å². The lowest BCUT2D eigenvalue weighted by Crippen LogP contribution is -2.71. The SMILES string of the molecule is CN(C(=O)OC(C)(C)C)[C@@H]1[C@@H](O)[C@@H](O[C@@H]2[C@@H](O)[C@H](C3OC(CN)=CC[C@H]3NC3CN(C(=O)OC(C)(C)C)C3)[C@@H](NC(=O)OC(C)(C)C)C[C@H]2NC(=O)[C@@H](O)CCNC(=O)OC(C)(C)C)OC[C@]1(C)O. The monoisotopic (exact) mass is 988 g/mol. The first-order chi connectivity index (χ1) is 31.6. The van der Waals surface area contributed by atoms with Gasteiger partial charge in [-0.1, -0.05) is 0 Å². The van der Waals surface area contributed by atoms with Gasteiger partial charge in [-0.3, -0.25) is 4.79 Å². The van der Waals surface area contributed by atoms with Crippen molar-refractivity contribution in [2.75, 3.05) is 39.8 Å². The Morgan fingerprint density at radius 1 is 0.855 bits per heavy atom. The lowest BCUT2D eigenvalue weighted by Gasteiger charge is -2.52. The summed E-state index contributed by atoms with van der Waals surface area (Å²) in [5.74, 6) is -1.64. The van der Waals surface area contributed by atoms with E-state index in [9.17, 15) is 44.4 Å². The van der Waals surface area contributed by atoms with Crippen molar-refractivity contribution in [1.29, 1.82) is 0 Å². The van der Waals surface area contributed by atoms with Crippen molar-refractivity contribution in [2.24, 2.45) is 11.7 Å². The van der Waals surface area contributed by atoms with Crippen molar-refractivity contribution in [3.8, 4) is 0 Å². The molecule has 23 heteroatoms. The van der Waals surface area contributed by atoms with E-state index < -0.39 is 132 Å². The number of ether oxygens (including phenoxy) is 7. The van der Waals surface area contributed by atoms with E-state index in [1.165, 1.54) is 14.0 Å². The van der Waals surface area contributed by atoms with Crippen LogP contribution in [0.15, 0.2) is 11.8 Å². The predicted octanol–water partition coefficient (Wildman–Crippen LogP) is 1.32. The molecule has 0 aromatic rings. The zero-order chi connectivity index (χ0) is 52.2. The molecule has 0 spiro atoms. The third-order valence-corrected chi connectivity index (χ3v) is 11.5. The van der Waals surface area contributed by atoms with Gasteiger partial charge in [0.2, 0.25) is 5.91 Å². The van der Waals surface area contributed by atoms with E-state index in [2.05, 4.69) is 21.3 Å². The highest BCUT2D eigenvalue weighted by molar-refractivity contribution is 5.81. The number of aliphatic hydroxyl groups is 4. The molecule has 3 heterocycles. The Labute approximate surface area is 405 Å². The maximum atomic E-state index is 13.9. The molecule has 0 bridgehead atoms. The van der Waals surface area contributed by atoms with Crippen LogP contribution in [0.2, 0.25) is 0 Å². The molecule has 10 N–H and O–H groups in total. The van der Waals surface area contributed by atoms with Crippen LogP contribution in [0.25, 0.3) is 0 Å². The van der Waals surface area contributed by atoms with E-state index in [0.717, 1.165) is 4.90 Å². The van der Waals surface area contributed by atoms with E-state index in [0.29, 0.717) is 25.3 Å². The number of likely N-dealkylation sites (tertiary alicyclic amines) is 1. The minimum Gasteiger partial charge on any atom is -0.492 e. The molecule has 0 aromatic heterocycles. The molecule has 69 heavy (non-hydrogen) atoms. The van der Waals surface area contributed by atoms with Crippen molar-refractivity contribution >= 4 is 30.3 Å². The van der Waals surface area contributed by atoms with Gasteiger partial charge in [-0.15, -0.1) is 0 Å². The number of nitrogens with two attached hydrogens (primary N) is 1. The number of hydrogen-bond donors (Lipinski definition) is 9. The van der Waals surface area contributed by atoms with E-state index in [-0.39, 0.29) is 32.0 Å². The van der Waals surface area contributed by atoms with Gasteiger partial charge in [-0.2, -0.15) is 0 Å². The highest BCUT2D eigenvalue weighted by atomic mass is 16.7. The topological polar surface area (TPSA) is 312 Å². The Morgan fingerprint density at radius 2 is 1.43 bits per heavy atom. The predicted molar refractivity (Wildman–Crippen MR) is 248 cm³/mol. The molecule has 1 aliphatic carbocycles. The van der Waals surface area contributed by atoms with Crippen LogP contribution in [0.3, 0.4) is 0 Å². The maximum Gasteiger partial charge on any atom is 0.410 e. The average molecular weight is 988 g/mol. The summed E-state index contributed by atoms with van der Waals surface area (Å²) < 4.78 is 41.0. The molecular formula is C46H81N7O16. The zero-order valence-corrected chi connectivity index (χ0v) is 42.8. The molecule has 0 aromatic carbocycles. The minimum absolute atomic E-state index is 0.0140. The number of likely N-dealkylation sites (N-methyl/N-ethyl adjacent to an activating group) is 1. The van der Waals surface area contributed by atoms with Crippen molar-refractivity contribution in [3.05, 3.63) is 11.8 Å². The summed E-state index contributed by atoms with van der Waals surface area (Å²) in [7, 11) is 1.34. The highest BCUT2D eigenvalue weighted by Gasteiger charge is 2.57. The molecule has 1 saturated carbocycles. The number of aliphatic hydroxyl groups excluding tert-OH is 3. The maximum absolute atomic E-state index is 13.9. The summed E-state index contributed by atoms with van der Waals surface area (Å²) in [6, 6.07) is -4.50. The van der Waals surface area contributed by atoms with Crippen molar-refractivity contribution < 1.29 is 77.6 Å². The Bertz CT molecular complexity index is 1820. The fourth-order valence-corrected chi connectivity index (χ4v) is 8.67. The van der Waals surface area contributed by atoms with Gasteiger partial charge in [0.15, 0.2) is 6.29 Å². The standard InChI is InChI=1S/C46H81N7O16/c1-42(2,3)66-38(58)48-18-17-29(54)36(57)50-28-19-27(51-39(59)67-43(4,5)6)30(33-26(16-15-25(20-47)64-33)49-24-21-53(22-24)41(61)69-45(10,11)12)31(55)34(28)65-37-32(56)35(46(13,62)23-63-37)52(14)40(60)68-44(7,8)9/h15,24,26-35,37,49,54-56,62H,16-23,47H2,1-14H3,(H,48,58)(H,50,57)(H,51,59)/t26-,27+,28-,29+,30-,31+,32-,33?,34+,35-,37-,46+/m1/s1. The second kappa shape index (κ2) is 22.5. The van der Waals surface area contributed by atoms with Gasteiger partial charge in [-0.05, 0) is 115 Å². The van der Waals surface area contributed by atoms with Crippen LogP contribution >= 0.6 is 0 Å². The Balaban J connectivity index is 1.73. The molecule has 0 radical (unpaired) electrons. The van der Waals surface area contributed by atoms with Crippen molar-refractivity contribution in [3.63, 3.8) is 0 Å². The van der Waals surface area contributed by atoms with Gasteiger partial charge in [0, 0.05) is 50.7 Å². The molecule has 1 unspecified atom stereocenters. The highest BCUT2D eigenvalue weighted by Crippen LogP contribution is 2.39. The summed E-state index contributed by atoms with van der Waals surface area (Å²) in [5, 5.41) is 59.0. The van der Waals surface area contributed by atoms with Gasteiger partial charge in [0.05, 0.1) is 31.3 Å². The van der Waals surface area contributed by atoms with E-state index in [1.54, 1.807) is 94.1 Å². The lowest BCUT2D eigenvalue weighted by atomic mass is 9.72. The van der Waals surface area contributed by atoms with E-state index in [4.69, 9.17) is 38.9 Å². The number of carbonyl (C=O) groups excluding carboxylic acids is 5. The molecule has 4 rings (SSSR count). The van der Waals surface area contributed by atoms with Crippen LogP contribution in [-0.4, -0.2) is 195 Å². The van der Waals surface area contributed by atoms with Crippen LogP contribution in [0.1, 0.15) is 109 Å². The number of carbonyl (C=O) groups is 5. The lowest BCUT2D eigenvalue weighted by molar-refractivity contribution is -0.306. The first-order valence-corrected chi connectivity index (χ1v) is 23.6. The number of rotatable bonds is 13. The normalized spacial score (nSPS) is 30.6. The number of hydrogen-bond acceptors (Lipinski definition) is 18. The molecule has 3 aliphatic heterocycles. The Hall–Kier alpha value is -4.23. The van der Waals surface area contributed by atoms with Gasteiger partial charge >= 0.3 is 24.4 Å². The summed E-state index contributed by atoms with van der Waals surface area (Å²) >= 11 is 0. The summed E-state index contributed by atoms with van der Waals surface area (Å²) in [6.45, 7) is 21.7. The van der Waals surface area contributed by atoms with E-state index >= 15 is 0 Å². The largest absolute Gasteiger partial charge is 0.492 e. The van der Waals surface area contributed by atoms with Crippen LogP contribution in [0, 0.1) is 5.92 Å². The summed E-state index contributed by atoms with van der Waals surface area (Å²) in [5.41, 5.74) is 0.893. The second-order valence-electron chi connectivity index (χ2n) is 22.6. The Kier molecular flexibility index (Phi) is 18.7. The first-order valence-electron chi connectivity index (χ1n) is 23.6. The fourth-order valence-electron chi connectivity index (χ4n) is 8.67. The van der Waals surface area contributed by atoms with Gasteiger partial charge in [0.25, 0.3) is 0 Å². The van der Waals surface area contributed by atoms with Crippen LogP contribution in [0.5, 0.6) is 0 Å². The summed E-state index contributed by atoms with van der Waals surface area (Å²) in [4.78, 5) is 68.6. The quantitative estimate of drug-likeness (QED) is 0.118. The van der Waals surface area contributed by atoms with Gasteiger partial charge < -0.3 is 90.4 Å². The van der Waals surface area contributed by atoms with Crippen LogP contribution in [0.4, 0.5) is 19.2 Å². The Morgan fingerprint density at radius 3 is 2.00 bits per heavy atom. The summed E-state index contributed by atoms with van der Waals surface area (Å²) in [6.07, 6.45) is -10.6. The third-order valence-electron chi connectivity index (χ3n) is 11.5. The molecule has 12 atom stereocenters. The van der Waals surface area contributed by atoms with E-state index in [1.807, 2.05) is 0 Å². The first kappa shape index (κ1) is 57.3. The number of nitrogens with zero attached hydrogens (tertiary/aromatic N) is 2. The average Bonchev–Trinajstić information content (AvgIpc) is 3.15. The third kappa shape index (κ3) is 16.7. The second-order valence-corrected chi connectivity index (χ2v) is 22.6. The molecule has 23 nitrogen and oxygen atoms in total. The van der Waals surface area contributed by atoms with Crippen molar-refractivity contribution in [1.82, 2.24) is 31.1 Å². The van der Waals surface area contributed by atoms with Crippen molar-refractivity contribution in [2.45, 2.75) is 204 Å². The van der Waals surface area contributed by atoms with Crippen LogP contribution in [-0.2, 0) is 38.0 Å². The van der Waals surface area contributed by atoms with Crippen LogP contribution < -0.4 is 27.0 Å². The smallest absolute Gasteiger partial charge is 0.410 e. The molecule has 5 amide bonds. The molecule has 2 saturated heterocycles. The molecule has 3 fully saturated rings. The zero-order valence-electron chi connectivity index (χ0n) is 42.8. The van der Waals surface area contributed by atoms with Gasteiger partial charge in [-0.25, -0.2) is 19.2 Å². The number of nitrogens with one attached hydrogen (secondary N) is 4.